The number of carbonyl (C=O) groups excluding carboxylic acids is 1. The molecule has 0 bridgehead atoms. The molecule has 0 radical (unpaired) electrons. The van der Waals surface area contributed by atoms with E-state index >= 15 is 0 Å². The Morgan fingerprint density at radius 2 is 1.77 bits per heavy atom. The van der Waals surface area contributed by atoms with Crippen molar-refractivity contribution in [2.45, 2.75) is 13.0 Å². The number of nitrogens with one attached hydrogen (secondary N) is 1. The number of benzene rings is 3. The first-order chi connectivity index (χ1) is 14.7. The molecule has 1 atom stereocenters. The summed E-state index contributed by atoms with van der Waals surface area (Å²) in [6, 6.07) is 17.1. The number of halogens is 2. The lowest BCUT2D eigenvalue weighted by Gasteiger charge is -2.29. The molecule has 1 N–H and O–H groups in total. The van der Waals surface area contributed by atoms with Gasteiger partial charge in [-0.05, 0) is 48.0 Å². The highest BCUT2D eigenvalue weighted by Gasteiger charge is 2.30. The zero-order chi connectivity index (χ0) is 22.6. The molecule has 0 aromatic heterocycles. The Balaban J connectivity index is 1.63. The van der Waals surface area contributed by atoms with Crippen LogP contribution in [0.25, 0.3) is 10.8 Å². The molecule has 0 spiro atoms. The first-order valence-electron chi connectivity index (χ1n) is 9.50. The van der Waals surface area contributed by atoms with Gasteiger partial charge in [-0.3, -0.25) is 9.10 Å². The van der Waals surface area contributed by atoms with Crippen molar-refractivity contribution in [3.8, 4) is 5.75 Å². The molecular weight excluding hydrogens is 459 g/mol. The van der Waals surface area contributed by atoms with Crippen LogP contribution in [-0.4, -0.2) is 39.8 Å². The van der Waals surface area contributed by atoms with Crippen LogP contribution in [0.1, 0.15) is 6.92 Å². The van der Waals surface area contributed by atoms with Crippen LogP contribution < -0.4 is 14.4 Å². The number of rotatable bonds is 8. The van der Waals surface area contributed by atoms with E-state index in [1.54, 1.807) is 6.07 Å². The Bertz CT molecular complexity index is 1200. The highest BCUT2D eigenvalue weighted by molar-refractivity contribution is 7.92. The predicted octanol–water partition coefficient (Wildman–Crippen LogP) is 4.50. The van der Waals surface area contributed by atoms with Gasteiger partial charge >= 0.3 is 0 Å². The zero-order valence-corrected chi connectivity index (χ0v) is 19.3. The molecule has 0 aliphatic carbocycles. The largest absolute Gasteiger partial charge is 0.492 e. The molecular formula is C22H22Cl2N2O4S. The maximum atomic E-state index is 12.6. The monoisotopic (exact) mass is 480 g/mol. The van der Waals surface area contributed by atoms with Gasteiger partial charge in [0.25, 0.3) is 0 Å². The summed E-state index contributed by atoms with van der Waals surface area (Å²) in [5, 5.41) is 5.35. The summed E-state index contributed by atoms with van der Waals surface area (Å²) in [6.45, 7) is 1.92. The molecule has 0 aliphatic heterocycles. The molecule has 1 unspecified atom stereocenters. The maximum Gasteiger partial charge on any atom is 0.243 e. The van der Waals surface area contributed by atoms with Crippen LogP contribution in [0.5, 0.6) is 5.75 Å². The van der Waals surface area contributed by atoms with Gasteiger partial charge in [-0.2, -0.15) is 0 Å². The summed E-state index contributed by atoms with van der Waals surface area (Å²) in [6.07, 6.45) is 1.01. The van der Waals surface area contributed by atoms with E-state index in [9.17, 15) is 13.2 Å². The van der Waals surface area contributed by atoms with Gasteiger partial charge < -0.3 is 10.1 Å². The van der Waals surface area contributed by atoms with Crippen molar-refractivity contribution in [1.82, 2.24) is 5.32 Å². The second-order valence-corrected chi connectivity index (χ2v) is 9.68. The molecule has 0 heterocycles. The Kier molecular flexibility index (Phi) is 7.30. The lowest BCUT2D eigenvalue weighted by molar-refractivity contribution is -0.121. The second kappa shape index (κ2) is 9.77. The first-order valence-corrected chi connectivity index (χ1v) is 12.1. The van der Waals surface area contributed by atoms with E-state index in [1.807, 2.05) is 42.5 Å². The molecule has 9 heteroatoms. The lowest BCUT2D eigenvalue weighted by atomic mass is 10.1. The van der Waals surface area contributed by atoms with Gasteiger partial charge in [-0.15, -0.1) is 0 Å². The average molecular weight is 481 g/mol. The summed E-state index contributed by atoms with van der Waals surface area (Å²) >= 11 is 12.2. The quantitative estimate of drug-likeness (QED) is 0.481. The number of hydrogen-bond donors (Lipinski definition) is 1. The van der Waals surface area contributed by atoms with Gasteiger partial charge in [0.05, 0.1) is 23.5 Å². The number of hydrogen-bond acceptors (Lipinski definition) is 4. The lowest BCUT2D eigenvalue weighted by Crippen LogP contribution is -2.48. The number of anilines is 1. The Hall–Kier alpha value is -2.48. The number of sulfonamides is 1. The summed E-state index contributed by atoms with van der Waals surface area (Å²) < 4.78 is 31.4. The normalized spacial score (nSPS) is 12.4. The SMILES string of the molecule is CC(C(=O)NCCOc1ccc2ccccc2c1)N(c1cc(Cl)ccc1Cl)S(C)(=O)=O. The Labute approximate surface area is 191 Å². The fourth-order valence-corrected chi connectivity index (χ4v) is 4.79. The molecule has 3 rings (SSSR count). The van der Waals surface area contributed by atoms with E-state index in [4.69, 9.17) is 27.9 Å². The van der Waals surface area contributed by atoms with Crippen molar-refractivity contribution in [2.24, 2.45) is 0 Å². The van der Waals surface area contributed by atoms with Crippen LogP contribution in [0.2, 0.25) is 10.0 Å². The van der Waals surface area contributed by atoms with Crippen LogP contribution in [0.4, 0.5) is 5.69 Å². The number of nitrogens with zero attached hydrogens (tertiary/aromatic N) is 1. The van der Waals surface area contributed by atoms with Crippen LogP contribution in [0.15, 0.2) is 60.7 Å². The summed E-state index contributed by atoms with van der Waals surface area (Å²) in [4.78, 5) is 12.6. The molecule has 6 nitrogen and oxygen atoms in total. The third-order valence-electron chi connectivity index (χ3n) is 4.63. The summed E-state index contributed by atoms with van der Waals surface area (Å²) in [5.74, 6) is 0.202. The zero-order valence-electron chi connectivity index (χ0n) is 17.0. The minimum Gasteiger partial charge on any atom is -0.492 e. The molecule has 31 heavy (non-hydrogen) atoms. The van der Waals surface area contributed by atoms with Crippen LogP contribution in [0, 0.1) is 0 Å². The predicted molar refractivity (Wildman–Crippen MR) is 126 cm³/mol. The van der Waals surface area contributed by atoms with Gasteiger partial charge in [0, 0.05) is 5.02 Å². The molecule has 3 aromatic rings. The number of fused-ring (bicyclic) bond motifs is 1. The van der Waals surface area contributed by atoms with Gasteiger partial charge in [0.2, 0.25) is 15.9 Å². The minimum atomic E-state index is -3.80. The van der Waals surface area contributed by atoms with Crippen LogP contribution in [-0.2, 0) is 14.8 Å². The maximum absolute atomic E-state index is 12.6. The van der Waals surface area contributed by atoms with E-state index in [1.165, 1.54) is 19.1 Å². The number of amides is 1. The van der Waals surface area contributed by atoms with E-state index in [0.717, 1.165) is 21.3 Å². The van der Waals surface area contributed by atoms with Crippen molar-refractivity contribution >= 4 is 55.6 Å². The fraction of sp³-hybridized carbons (Fsp3) is 0.227. The highest BCUT2D eigenvalue weighted by Crippen LogP contribution is 2.32. The third-order valence-corrected chi connectivity index (χ3v) is 6.41. The number of carbonyl (C=O) groups is 1. The Morgan fingerprint density at radius 3 is 2.48 bits per heavy atom. The van der Waals surface area contributed by atoms with Gasteiger partial charge in [-0.1, -0.05) is 53.5 Å². The standard InChI is InChI=1S/C22H22Cl2N2O4S/c1-15(26(31(2,28)29)21-14-18(23)8-10-20(21)24)22(27)25-11-12-30-19-9-7-16-5-3-4-6-17(16)13-19/h3-10,13-15H,11-12H2,1-2H3,(H,25,27). The molecule has 0 aliphatic rings. The molecule has 1 amide bonds. The fourth-order valence-electron chi connectivity index (χ4n) is 3.18. The molecule has 0 saturated heterocycles. The highest BCUT2D eigenvalue weighted by atomic mass is 35.5. The first kappa shape index (κ1) is 23.2. The van der Waals surface area contributed by atoms with Crippen molar-refractivity contribution in [2.75, 3.05) is 23.7 Å². The molecule has 3 aromatic carbocycles. The Morgan fingerprint density at radius 1 is 1.06 bits per heavy atom. The van der Waals surface area contributed by atoms with Crippen molar-refractivity contribution in [3.63, 3.8) is 0 Å². The van der Waals surface area contributed by atoms with E-state index in [-0.39, 0.29) is 23.9 Å². The molecule has 0 saturated carbocycles. The van der Waals surface area contributed by atoms with E-state index in [2.05, 4.69) is 5.32 Å². The van der Waals surface area contributed by atoms with Crippen LogP contribution in [0.3, 0.4) is 0 Å². The van der Waals surface area contributed by atoms with Crippen LogP contribution >= 0.6 is 23.2 Å². The molecule has 164 valence electrons. The van der Waals surface area contributed by atoms with Crippen molar-refractivity contribution < 1.29 is 17.9 Å². The summed E-state index contributed by atoms with van der Waals surface area (Å²) in [5.41, 5.74) is 0.145. The van der Waals surface area contributed by atoms with E-state index in [0.29, 0.717) is 10.8 Å². The van der Waals surface area contributed by atoms with Crippen molar-refractivity contribution in [1.29, 1.82) is 0 Å². The van der Waals surface area contributed by atoms with Gasteiger partial charge in [0.1, 0.15) is 18.4 Å². The third kappa shape index (κ3) is 5.81. The average Bonchev–Trinajstić information content (AvgIpc) is 2.72. The topological polar surface area (TPSA) is 75.7 Å². The van der Waals surface area contributed by atoms with Crippen molar-refractivity contribution in [3.05, 3.63) is 70.7 Å². The number of ether oxygens (including phenoxy) is 1. The van der Waals surface area contributed by atoms with E-state index < -0.39 is 22.0 Å². The second-order valence-electron chi connectivity index (χ2n) is 6.98. The summed E-state index contributed by atoms with van der Waals surface area (Å²) in [7, 11) is -3.80. The van der Waals surface area contributed by atoms with Gasteiger partial charge in [0.15, 0.2) is 0 Å². The molecule has 0 fully saturated rings. The van der Waals surface area contributed by atoms with Gasteiger partial charge in [-0.25, -0.2) is 8.42 Å². The smallest absolute Gasteiger partial charge is 0.243 e. The minimum absolute atomic E-state index is 0.145.